The third-order valence-corrected chi connectivity index (χ3v) is 5.07. The zero-order chi connectivity index (χ0) is 16.8. The summed E-state index contributed by atoms with van der Waals surface area (Å²) in [4.78, 5) is 12.8. The Bertz CT molecular complexity index is 696. The van der Waals surface area contributed by atoms with Gasteiger partial charge in [0, 0.05) is 22.6 Å². The molecule has 2 rings (SSSR count). The van der Waals surface area contributed by atoms with Crippen LogP contribution in [0.3, 0.4) is 0 Å². The SMILES string of the molecule is CCC(=O)Sc1cccc(CS)c1COc1ccc(C)cc1C. The molecular weight excluding hydrogens is 324 g/mol. The molecule has 0 aliphatic rings. The first-order valence-electron chi connectivity index (χ1n) is 7.67. The van der Waals surface area contributed by atoms with Crippen molar-refractivity contribution < 1.29 is 9.53 Å². The molecule has 122 valence electrons. The van der Waals surface area contributed by atoms with Gasteiger partial charge in [-0.3, -0.25) is 4.79 Å². The van der Waals surface area contributed by atoms with Gasteiger partial charge >= 0.3 is 0 Å². The monoisotopic (exact) mass is 346 g/mol. The molecule has 0 heterocycles. The van der Waals surface area contributed by atoms with Crippen LogP contribution in [0.25, 0.3) is 0 Å². The lowest BCUT2D eigenvalue weighted by Crippen LogP contribution is -2.03. The molecule has 2 aromatic rings. The van der Waals surface area contributed by atoms with Gasteiger partial charge in [0.25, 0.3) is 0 Å². The minimum Gasteiger partial charge on any atom is -0.489 e. The lowest BCUT2D eigenvalue weighted by atomic mass is 10.1. The Labute approximate surface area is 148 Å². The second-order valence-corrected chi connectivity index (χ2v) is 6.85. The van der Waals surface area contributed by atoms with Crippen molar-refractivity contribution in [3.05, 3.63) is 58.7 Å². The van der Waals surface area contributed by atoms with E-state index in [1.807, 2.05) is 44.2 Å². The maximum atomic E-state index is 11.8. The van der Waals surface area contributed by atoms with Crippen LogP contribution in [0.2, 0.25) is 0 Å². The van der Waals surface area contributed by atoms with E-state index in [-0.39, 0.29) is 5.12 Å². The maximum absolute atomic E-state index is 11.8. The first kappa shape index (κ1) is 18.0. The van der Waals surface area contributed by atoms with Gasteiger partial charge in [-0.2, -0.15) is 12.6 Å². The molecule has 0 spiro atoms. The van der Waals surface area contributed by atoms with Crippen molar-refractivity contribution in [1.82, 2.24) is 0 Å². The third kappa shape index (κ3) is 4.79. The molecule has 0 fully saturated rings. The Hall–Kier alpha value is -1.39. The number of benzene rings is 2. The topological polar surface area (TPSA) is 26.3 Å². The quantitative estimate of drug-likeness (QED) is 0.565. The number of aryl methyl sites for hydroxylation is 2. The first-order chi connectivity index (χ1) is 11.0. The van der Waals surface area contributed by atoms with E-state index >= 15 is 0 Å². The predicted molar refractivity (Wildman–Crippen MR) is 101 cm³/mol. The number of hydrogen-bond donors (Lipinski definition) is 1. The molecule has 0 saturated carbocycles. The van der Waals surface area contributed by atoms with Gasteiger partial charge in [0.15, 0.2) is 5.12 Å². The van der Waals surface area contributed by atoms with E-state index in [9.17, 15) is 4.79 Å². The largest absolute Gasteiger partial charge is 0.489 e. The summed E-state index contributed by atoms with van der Waals surface area (Å²) < 4.78 is 6.02. The average Bonchev–Trinajstić information content (AvgIpc) is 2.54. The van der Waals surface area contributed by atoms with Crippen LogP contribution in [0.5, 0.6) is 5.75 Å². The third-order valence-electron chi connectivity index (χ3n) is 3.62. The lowest BCUT2D eigenvalue weighted by Gasteiger charge is -2.15. The summed E-state index contributed by atoms with van der Waals surface area (Å²) in [5.41, 5.74) is 4.49. The van der Waals surface area contributed by atoms with Crippen molar-refractivity contribution in [3.8, 4) is 5.75 Å². The molecule has 0 bridgehead atoms. The van der Waals surface area contributed by atoms with E-state index in [4.69, 9.17) is 4.74 Å². The normalized spacial score (nSPS) is 10.6. The number of rotatable bonds is 6. The summed E-state index contributed by atoms with van der Waals surface area (Å²) in [6.07, 6.45) is 0.521. The molecule has 0 saturated heterocycles. The molecule has 0 amide bonds. The van der Waals surface area contributed by atoms with Crippen molar-refractivity contribution in [3.63, 3.8) is 0 Å². The van der Waals surface area contributed by atoms with Gasteiger partial charge in [-0.1, -0.05) is 48.5 Å². The standard InChI is InChI=1S/C19H22O2S2/c1-4-19(20)23-18-7-5-6-15(12-22)16(18)11-21-17-9-8-13(2)10-14(17)3/h5-10,22H,4,11-12H2,1-3H3. The van der Waals surface area contributed by atoms with Gasteiger partial charge in [0.1, 0.15) is 12.4 Å². The second-order valence-electron chi connectivity index (χ2n) is 5.44. The van der Waals surface area contributed by atoms with Crippen LogP contribution in [0.4, 0.5) is 0 Å². The van der Waals surface area contributed by atoms with Crippen LogP contribution in [-0.4, -0.2) is 5.12 Å². The van der Waals surface area contributed by atoms with Crippen LogP contribution >= 0.6 is 24.4 Å². The van der Waals surface area contributed by atoms with Gasteiger partial charge in [-0.15, -0.1) is 0 Å². The highest BCUT2D eigenvalue weighted by Gasteiger charge is 2.12. The summed E-state index contributed by atoms with van der Waals surface area (Å²) in [5.74, 6) is 1.50. The molecule has 0 aliphatic carbocycles. The number of thiol groups is 1. The predicted octanol–water partition coefficient (Wildman–Crippen LogP) is 5.34. The van der Waals surface area contributed by atoms with E-state index in [2.05, 4.69) is 25.6 Å². The van der Waals surface area contributed by atoms with Crippen molar-refractivity contribution in [2.24, 2.45) is 0 Å². The lowest BCUT2D eigenvalue weighted by molar-refractivity contribution is -0.110. The Morgan fingerprint density at radius 1 is 1.22 bits per heavy atom. The average molecular weight is 347 g/mol. The number of carbonyl (C=O) groups excluding carboxylic acids is 1. The fourth-order valence-electron chi connectivity index (χ4n) is 2.32. The highest BCUT2D eigenvalue weighted by molar-refractivity contribution is 8.13. The molecule has 2 nitrogen and oxygen atoms in total. The van der Waals surface area contributed by atoms with Gasteiger partial charge in [-0.05, 0) is 37.1 Å². The highest BCUT2D eigenvalue weighted by atomic mass is 32.2. The molecule has 0 radical (unpaired) electrons. The minimum absolute atomic E-state index is 0.161. The minimum atomic E-state index is 0.161. The first-order valence-corrected chi connectivity index (χ1v) is 9.12. The Morgan fingerprint density at radius 3 is 2.65 bits per heavy atom. The van der Waals surface area contributed by atoms with Gasteiger partial charge in [0.2, 0.25) is 0 Å². The van der Waals surface area contributed by atoms with Crippen molar-refractivity contribution in [2.75, 3.05) is 0 Å². The van der Waals surface area contributed by atoms with E-state index in [1.54, 1.807) is 0 Å². The molecule has 23 heavy (non-hydrogen) atoms. The van der Waals surface area contributed by atoms with E-state index in [1.165, 1.54) is 17.3 Å². The van der Waals surface area contributed by atoms with Crippen LogP contribution in [0.15, 0.2) is 41.3 Å². The summed E-state index contributed by atoms with van der Waals surface area (Å²) in [6, 6.07) is 12.1. The van der Waals surface area contributed by atoms with Crippen molar-refractivity contribution >= 4 is 29.5 Å². The molecule has 4 heteroatoms. The Balaban J connectivity index is 2.24. The summed E-state index contributed by atoms with van der Waals surface area (Å²) in [7, 11) is 0. The molecular formula is C19H22O2S2. The summed E-state index contributed by atoms with van der Waals surface area (Å²) >= 11 is 5.69. The van der Waals surface area contributed by atoms with Crippen LogP contribution in [0, 0.1) is 13.8 Å². The smallest absolute Gasteiger partial charge is 0.193 e. The van der Waals surface area contributed by atoms with E-state index < -0.39 is 0 Å². The van der Waals surface area contributed by atoms with Crippen molar-refractivity contribution in [2.45, 2.75) is 44.4 Å². The molecule has 0 aromatic heterocycles. The van der Waals surface area contributed by atoms with Gasteiger partial charge in [0.05, 0.1) is 0 Å². The maximum Gasteiger partial charge on any atom is 0.193 e. The second kappa shape index (κ2) is 8.46. The number of carbonyl (C=O) groups is 1. The highest BCUT2D eigenvalue weighted by Crippen LogP contribution is 2.30. The van der Waals surface area contributed by atoms with Crippen LogP contribution < -0.4 is 4.74 Å². The van der Waals surface area contributed by atoms with Gasteiger partial charge in [-0.25, -0.2) is 0 Å². The molecule has 2 aromatic carbocycles. The zero-order valence-corrected chi connectivity index (χ0v) is 15.5. The fraction of sp³-hybridized carbons (Fsp3) is 0.316. The number of ether oxygens (including phenoxy) is 1. The molecule has 0 aliphatic heterocycles. The number of thioether (sulfide) groups is 1. The zero-order valence-electron chi connectivity index (χ0n) is 13.8. The Kier molecular flexibility index (Phi) is 6.60. The van der Waals surface area contributed by atoms with Crippen LogP contribution in [-0.2, 0) is 17.2 Å². The van der Waals surface area contributed by atoms with E-state index in [0.29, 0.717) is 18.8 Å². The molecule has 0 atom stereocenters. The summed E-state index contributed by atoms with van der Waals surface area (Å²) in [6.45, 7) is 6.44. The Morgan fingerprint density at radius 2 is 2.00 bits per heavy atom. The molecule has 0 unspecified atom stereocenters. The fourth-order valence-corrected chi connectivity index (χ4v) is 3.47. The number of hydrogen-bond acceptors (Lipinski definition) is 4. The van der Waals surface area contributed by atoms with Crippen molar-refractivity contribution in [1.29, 1.82) is 0 Å². The van der Waals surface area contributed by atoms with Gasteiger partial charge < -0.3 is 4.74 Å². The summed E-state index contributed by atoms with van der Waals surface area (Å²) in [5, 5.41) is 0.161. The van der Waals surface area contributed by atoms with E-state index in [0.717, 1.165) is 27.3 Å². The van der Waals surface area contributed by atoms with Crippen LogP contribution in [0.1, 0.15) is 35.6 Å². The molecule has 0 N–H and O–H groups in total.